The normalized spacial score (nSPS) is 10.3. The van der Waals surface area contributed by atoms with Gasteiger partial charge in [0.15, 0.2) is 0 Å². The quantitative estimate of drug-likeness (QED) is 0.690. The highest BCUT2D eigenvalue weighted by Gasteiger charge is 2.05. The lowest BCUT2D eigenvalue weighted by atomic mass is 10.2. The number of aromatic nitrogens is 2. The van der Waals surface area contributed by atoms with Gasteiger partial charge in [-0.05, 0) is 30.3 Å². The fourth-order valence-corrected chi connectivity index (χ4v) is 2.01. The Morgan fingerprint density at radius 3 is 2.76 bits per heavy atom. The van der Waals surface area contributed by atoms with Crippen molar-refractivity contribution in [2.75, 3.05) is 17.7 Å². The smallest absolute Gasteiger partial charge is 0.323 e. The van der Waals surface area contributed by atoms with E-state index in [9.17, 15) is 4.79 Å². The second-order valence-electron chi connectivity index (χ2n) is 4.48. The minimum absolute atomic E-state index is 0.317. The highest BCUT2D eigenvalue weighted by molar-refractivity contribution is 6.00. The lowest BCUT2D eigenvalue weighted by Gasteiger charge is -2.08. The lowest BCUT2D eigenvalue weighted by molar-refractivity contribution is 0.262. The first-order valence-electron chi connectivity index (χ1n) is 6.40. The molecular weight excluding hydrogens is 268 g/mol. The Balaban J connectivity index is 1.70. The number of hydrogen-bond donors (Lipinski definition) is 3. The molecule has 0 saturated heterocycles. The van der Waals surface area contributed by atoms with Gasteiger partial charge in [0.2, 0.25) is 0 Å². The first kappa shape index (κ1) is 13.0. The molecule has 3 N–H and O–H groups in total. The van der Waals surface area contributed by atoms with Gasteiger partial charge in [0.05, 0.1) is 18.8 Å². The third-order valence-electron chi connectivity index (χ3n) is 3.03. The Labute approximate surface area is 121 Å². The molecule has 0 radical (unpaired) electrons. The van der Waals surface area contributed by atoms with E-state index in [4.69, 9.17) is 4.74 Å². The minimum Gasteiger partial charge on any atom is -0.497 e. The standard InChI is InChI=1S/C15H14N4O2/c1-21-13-4-2-3-11(7-13)17-15(20)18-12-6-5-10-9-16-19-14(10)8-12/h2-9H,1H3,(H,16,19)(H2,17,18,20). The summed E-state index contributed by atoms with van der Waals surface area (Å²) < 4.78 is 5.11. The average molecular weight is 282 g/mol. The van der Waals surface area contributed by atoms with E-state index >= 15 is 0 Å². The van der Waals surface area contributed by atoms with Crippen LogP contribution in [0.5, 0.6) is 5.75 Å². The fourth-order valence-electron chi connectivity index (χ4n) is 2.01. The van der Waals surface area contributed by atoms with E-state index < -0.39 is 0 Å². The van der Waals surface area contributed by atoms with E-state index in [1.165, 1.54) is 0 Å². The van der Waals surface area contributed by atoms with Crippen LogP contribution in [0.1, 0.15) is 0 Å². The summed E-state index contributed by atoms with van der Waals surface area (Å²) in [7, 11) is 1.58. The molecule has 21 heavy (non-hydrogen) atoms. The first-order valence-corrected chi connectivity index (χ1v) is 6.40. The van der Waals surface area contributed by atoms with Gasteiger partial charge in [-0.1, -0.05) is 6.07 Å². The van der Waals surface area contributed by atoms with Crippen LogP contribution >= 0.6 is 0 Å². The molecular formula is C15H14N4O2. The molecule has 1 heterocycles. The molecule has 0 aliphatic heterocycles. The second kappa shape index (κ2) is 5.54. The SMILES string of the molecule is COc1cccc(NC(=O)Nc2ccc3cn[nH]c3c2)c1. The zero-order chi connectivity index (χ0) is 14.7. The summed E-state index contributed by atoms with van der Waals surface area (Å²) in [5.74, 6) is 0.687. The number of rotatable bonds is 3. The van der Waals surface area contributed by atoms with Crippen molar-refractivity contribution in [1.29, 1.82) is 0 Å². The maximum absolute atomic E-state index is 12.0. The number of urea groups is 1. The zero-order valence-electron chi connectivity index (χ0n) is 11.4. The Morgan fingerprint density at radius 1 is 1.14 bits per heavy atom. The third kappa shape index (κ3) is 2.94. The van der Waals surface area contributed by atoms with Gasteiger partial charge in [0.25, 0.3) is 0 Å². The third-order valence-corrected chi connectivity index (χ3v) is 3.03. The van der Waals surface area contributed by atoms with Crippen LogP contribution in [0.4, 0.5) is 16.2 Å². The lowest BCUT2D eigenvalue weighted by Crippen LogP contribution is -2.19. The van der Waals surface area contributed by atoms with Gasteiger partial charge in [-0.25, -0.2) is 4.79 Å². The van der Waals surface area contributed by atoms with E-state index in [1.54, 1.807) is 25.4 Å². The summed E-state index contributed by atoms with van der Waals surface area (Å²) >= 11 is 0. The van der Waals surface area contributed by atoms with Crippen LogP contribution in [0.15, 0.2) is 48.7 Å². The highest BCUT2D eigenvalue weighted by atomic mass is 16.5. The minimum atomic E-state index is -0.317. The molecule has 0 saturated carbocycles. The van der Waals surface area contributed by atoms with Crippen molar-refractivity contribution in [3.05, 3.63) is 48.7 Å². The molecule has 0 atom stereocenters. The summed E-state index contributed by atoms with van der Waals surface area (Å²) in [5, 5.41) is 13.3. The van der Waals surface area contributed by atoms with Crippen LogP contribution in [0.3, 0.4) is 0 Å². The molecule has 106 valence electrons. The van der Waals surface area contributed by atoms with Crippen LogP contribution in [-0.4, -0.2) is 23.3 Å². The van der Waals surface area contributed by atoms with Gasteiger partial charge in [0.1, 0.15) is 5.75 Å². The molecule has 3 rings (SSSR count). The van der Waals surface area contributed by atoms with Crippen molar-refractivity contribution < 1.29 is 9.53 Å². The predicted octanol–water partition coefficient (Wildman–Crippen LogP) is 3.22. The van der Waals surface area contributed by atoms with Gasteiger partial charge in [-0.2, -0.15) is 5.10 Å². The maximum Gasteiger partial charge on any atom is 0.323 e. The topological polar surface area (TPSA) is 79.0 Å². The Kier molecular flexibility index (Phi) is 3.42. The predicted molar refractivity (Wildman–Crippen MR) is 81.7 cm³/mol. The molecule has 2 amide bonds. The van der Waals surface area contributed by atoms with Gasteiger partial charge >= 0.3 is 6.03 Å². The first-order chi connectivity index (χ1) is 10.2. The maximum atomic E-state index is 12.0. The van der Waals surface area contributed by atoms with Crippen LogP contribution in [0.2, 0.25) is 0 Å². The molecule has 0 spiro atoms. The second-order valence-corrected chi connectivity index (χ2v) is 4.48. The van der Waals surface area contributed by atoms with Crippen molar-refractivity contribution in [3.63, 3.8) is 0 Å². The Morgan fingerprint density at radius 2 is 1.95 bits per heavy atom. The van der Waals surface area contributed by atoms with Crippen LogP contribution < -0.4 is 15.4 Å². The number of hydrogen-bond acceptors (Lipinski definition) is 3. The molecule has 6 nitrogen and oxygen atoms in total. The summed E-state index contributed by atoms with van der Waals surface area (Å²) in [6.07, 6.45) is 1.73. The summed E-state index contributed by atoms with van der Waals surface area (Å²) in [4.78, 5) is 12.0. The molecule has 0 unspecified atom stereocenters. The number of methoxy groups -OCH3 is 1. The number of benzene rings is 2. The van der Waals surface area contributed by atoms with Gasteiger partial charge in [0, 0.05) is 22.8 Å². The van der Waals surface area contributed by atoms with Crippen molar-refractivity contribution in [2.24, 2.45) is 0 Å². The molecule has 0 bridgehead atoms. The number of anilines is 2. The van der Waals surface area contributed by atoms with Gasteiger partial charge < -0.3 is 15.4 Å². The number of carbonyl (C=O) groups is 1. The number of fused-ring (bicyclic) bond motifs is 1. The molecule has 3 aromatic rings. The summed E-state index contributed by atoms with van der Waals surface area (Å²) in [5.41, 5.74) is 2.22. The fraction of sp³-hybridized carbons (Fsp3) is 0.0667. The van der Waals surface area contributed by atoms with Gasteiger partial charge in [-0.15, -0.1) is 0 Å². The van der Waals surface area contributed by atoms with E-state index in [0.717, 1.165) is 10.9 Å². The molecule has 1 aromatic heterocycles. The zero-order valence-corrected chi connectivity index (χ0v) is 11.4. The number of amides is 2. The number of aromatic amines is 1. The van der Waals surface area contributed by atoms with E-state index in [1.807, 2.05) is 30.3 Å². The van der Waals surface area contributed by atoms with Crippen molar-refractivity contribution in [2.45, 2.75) is 0 Å². The molecule has 2 aromatic carbocycles. The molecule has 0 fully saturated rings. The average Bonchev–Trinajstić information content (AvgIpc) is 2.95. The number of ether oxygens (including phenoxy) is 1. The molecule has 6 heteroatoms. The van der Waals surface area contributed by atoms with Crippen molar-refractivity contribution >= 4 is 28.3 Å². The van der Waals surface area contributed by atoms with Crippen molar-refractivity contribution in [3.8, 4) is 5.75 Å². The van der Waals surface area contributed by atoms with Crippen LogP contribution in [-0.2, 0) is 0 Å². The number of carbonyl (C=O) groups excluding carboxylic acids is 1. The monoisotopic (exact) mass is 282 g/mol. The number of nitrogens with one attached hydrogen (secondary N) is 3. The van der Waals surface area contributed by atoms with E-state index in [0.29, 0.717) is 17.1 Å². The number of H-pyrrole nitrogens is 1. The van der Waals surface area contributed by atoms with E-state index in [2.05, 4.69) is 20.8 Å². The van der Waals surface area contributed by atoms with Gasteiger partial charge in [-0.3, -0.25) is 5.10 Å². The molecule has 0 aliphatic carbocycles. The highest BCUT2D eigenvalue weighted by Crippen LogP contribution is 2.19. The Bertz CT molecular complexity index is 782. The van der Waals surface area contributed by atoms with Crippen molar-refractivity contribution in [1.82, 2.24) is 10.2 Å². The summed E-state index contributed by atoms with van der Waals surface area (Å²) in [6.45, 7) is 0. The van der Waals surface area contributed by atoms with E-state index in [-0.39, 0.29) is 6.03 Å². The van der Waals surface area contributed by atoms with Crippen LogP contribution in [0.25, 0.3) is 10.9 Å². The van der Waals surface area contributed by atoms with Crippen LogP contribution in [0, 0.1) is 0 Å². The largest absolute Gasteiger partial charge is 0.497 e. The summed E-state index contributed by atoms with van der Waals surface area (Å²) in [6, 6.07) is 12.4. The molecule has 0 aliphatic rings. The number of nitrogens with zero attached hydrogens (tertiary/aromatic N) is 1. The Hall–Kier alpha value is -3.02.